The van der Waals surface area contributed by atoms with Crippen molar-refractivity contribution in [3.63, 3.8) is 0 Å². The Kier molecular flexibility index (Phi) is 13.7. The number of guanidine groups is 1. The Morgan fingerprint density at radius 3 is 2.03 bits per heavy atom. The number of hydrogen-bond acceptors (Lipinski definition) is 8. The highest BCUT2D eigenvalue weighted by Gasteiger charge is 2.32. The number of aliphatic imine (C=N–C) groups is 1. The lowest BCUT2D eigenvalue weighted by Gasteiger charge is -2.26. The molecule has 6 unspecified atom stereocenters. The second-order valence-corrected chi connectivity index (χ2v) is 9.42. The Morgan fingerprint density at radius 1 is 0.949 bits per heavy atom. The smallest absolute Gasteiger partial charge is 0.328 e. The van der Waals surface area contributed by atoms with Crippen LogP contribution in [0.25, 0.3) is 0 Å². The number of carbonyl (C=O) groups is 4. The summed E-state index contributed by atoms with van der Waals surface area (Å²) in [4.78, 5) is 54.6. The lowest BCUT2D eigenvalue weighted by Crippen LogP contribution is -2.59. The molecule has 1 aromatic carbocycles. The van der Waals surface area contributed by atoms with E-state index in [9.17, 15) is 34.5 Å². The molecule has 0 fully saturated rings. The summed E-state index contributed by atoms with van der Waals surface area (Å²) < 4.78 is 0. The van der Waals surface area contributed by atoms with Gasteiger partial charge in [-0.2, -0.15) is 0 Å². The Labute approximate surface area is 227 Å². The summed E-state index contributed by atoms with van der Waals surface area (Å²) in [5.41, 5.74) is 17.3. The van der Waals surface area contributed by atoms with Crippen LogP contribution in [0.3, 0.4) is 0 Å². The van der Waals surface area contributed by atoms with E-state index in [0.717, 1.165) is 0 Å². The van der Waals surface area contributed by atoms with E-state index in [1.165, 1.54) is 31.2 Å². The van der Waals surface area contributed by atoms with E-state index in [0.29, 0.717) is 18.4 Å². The van der Waals surface area contributed by atoms with Crippen LogP contribution in [0, 0.1) is 5.92 Å². The molecule has 218 valence electrons. The second-order valence-electron chi connectivity index (χ2n) is 9.42. The van der Waals surface area contributed by atoms with Gasteiger partial charge in [0.1, 0.15) is 17.8 Å². The summed E-state index contributed by atoms with van der Waals surface area (Å²) >= 11 is 0. The number of nitrogens with zero attached hydrogens (tertiary/aromatic N) is 1. The molecule has 3 amide bonds. The number of carbonyl (C=O) groups excluding carboxylic acids is 3. The molecule has 0 bridgehead atoms. The molecule has 1 rings (SSSR count). The predicted octanol–water partition coefficient (Wildman–Crippen LogP) is -1.72. The first-order valence-electron chi connectivity index (χ1n) is 12.7. The fourth-order valence-corrected chi connectivity index (χ4v) is 3.54. The van der Waals surface area contributed by atoms with E-state index in [1.807, 2.05) is 6.92 Å². The molecule has 0 saturated carbocycles. The van der Waals surface area contributed by atoms with E-state index >= 15 is 0 Å². The topological polar surface area (TPSA) is 255 Å². The number of rotatable bonds is 16. The first-order chi connectivity index (χ1) is 18.3. The number of amides is 3. The van der Waals surface area contributed by atoms with E-state index < -0.39 is 54.0 Å². The van der Waals surface area contributed by atoms with Gasteiger partial charge in [-0.25, -0.2) is 4.79 Å². The van der Waals surface area contributed by atoms with Crippen LogP contribution in [0.1, 0.15) is 45.6 Å². The normalized spacial score (nSPS) is 15.5. The van der Waals surface area contributed by atoms with Crippen LogP contribution >= 0.6 is 0 Å². The van der Waals surface area contributed by atoms with Crippen molar-refractivity contribution in [2.24, 2.45) is 28.1 Å². The number of aromatic hydroxyl groups is 1. The van der Waals surface area contributed by atoms with Gasteiger partial charge in [-0.15, -0.1) is 0 Å². The van der Waals surface area contributed by atoms with E-state index in [2.05, 4.69) is 20.9 Å². The molecule has 14 nitrogen and oxygen atoms in total. The number of carboxylic acids is 1. The third kappa shape index (κ3) is 11.6. The van der Waals surface area contributed by atoms with E-state index in [4.69, 9.17) is 17.2 Å². The molecule has 1 aromatic rings. The van der Waals surface area contributed by atoms with Crippen LogP contribution in [-0.2, 0) is 25.6 Å². The summed E-state index contributed by atoms with van der Waals surface area (Å²) in [6.45, 7) is 5.07. The van der Waals surface area contributed by atoms with Crippen LogP contribution in [0.2, 0.25) is 0 Å². The molecule has 0 aromatic heterocycles. The molecule has 0 aliphatic heterocycles. The molecular weight excluding hydrogens is 510 g/mol. The molecule has 0 radical (unpaired) electrons. The lowest BCUT2D eigenvalue weighted by molar-refractivity contribution is -0.145. The van der Waals surface area contributed by atoms with Crippen molar-refractivity contribution >= 4 is 29.7 Å². The third-order valence-corrected chi connectivity index (χ3v) is 6.19. The number of nitrogens with one attached hydrogen (secondary N) is 3. The average molecular weight is 552 g/mol. The molecule has 14 heteroatoms. The summed E-state index contributed by atoms with van der Waals surface area (Å²) in [5.74, 6) is -3.89. The maximum Gasteiger partial charge on any atom is 0.328 e. The van der Waals surface area contributed by atoms with Gasteiger partial charge in [-0.1, -0.05) is 32.4 Å². The minimum Gasteiger partial charge on any atom is -0.508 e. The fourth-order valence-electron chi connectivity index (χ4n) is 3.54. The van der Waals surface area contributed by atoms with Crippen molar-refractivity contribution in [2.75, 3.05) is 6.54 Å². The Balaban J connectivity index is 3.21. The van der Waals surface area contributed by atoms with Gasteiger partial charge in [0.05, 0.1) is 12.1 Å². The maximum atomic E-state index is 13.3. The summed E-state index contributed by atoms with van der Waals surface area (Å²) in [6, 6.07) is 0.958. The summed E-state index contributed by atoms with van der Waals surface area (Å²) in [6.07, 6.45) is -0.432. The minimum absolute atomic E-state index is 0.00923. The van der Waals surface area contributed by atoms with Crippen LogP contribution < -0.4 is 33.2 Å². The SMILES string of the molecule is CCC(C)C(N)C(=O)NC(CCCN=C(N)N)C(=O)NC(Cc1ccc(O)cc1)C(=O)NC(C(=O)O)C(C)O. The van der Waals surface area contributed by atoms with E-state index in [-0.39, 0.29) is 37.0 Å². The van der Waals surface area contributed by atoms with Crippen molar-refractivity contribution in [1.29, 1.82) is 0 Å². The number of phenols is 1. The highest BCUT2D eigenvalue weighted by atomic mass is 16.4. The third-order valence-electron chi connectivity index (χ3n) is 6.19. The minimum atomic E-state index is -1.62. The number of aliphatic hydroxyl groups excluding tert-OH is 1. The molecule has 0 saturated heterocycles. The highest BCUT2D eigenvalue weighted by Crippen LogP contribution is 2.13. The predicted molar refractivity (Wildman–Crippen MR) is 144 cm³/mol. The number of phenolic OH excluding ortho intramolecular Hbond substituents is 1. The average Bonchev–Trinajstić information content (AvgIpc) is 2.87. The lowest BCUT2D eigenvalue weighted by atomic mass is 9.98. The monoisotopic (exact) mass is 551 g/mol. The molecule has 6 atom stereocenters. The number of aliphatic hydroxyl groups is 1. The highest BCUT2D eigenvalue weighted by molar-refractivity contribution is 5.94. The van der Waals surface area contributed by atoms with Crippen LogP contribution in [0.4, 0.5) is 0 Å². The Morgan fingerprint density at radius 2 is 1.51 bits per heavy atom. The molecular formula is C25H41N7O7. The molecule has 12 N–H and O–H groups in total. The van der Waals surface area contributed by atoms with Gasteiger partial charge in [0, 0.05) is 13.0 Å². The van der Waals surface area contributed by atoms with Gasteiger partial charge in [0.15, 0.2) is 12.0 Å². The molecule has 0 spiro atoms. The van der Waals surface area contributed by atoms with Crippen LogP contribution in [-0.4, -0.2) is 81.8 Å². The zero-order valence-electron chi connectivity index (χ0n) is 22.5. The molecule has 39 heavy (non-hydrogen) atoms. The number of nitrogens with two attached hydrogens (primary N) is 3. The number of carboxylic acid groups (broad SMARTS) is 1. The van der Waals surface area contributed by atoms with Gasteiger partial charge in [0.25, 0.3) is 0 Å². The summed E-state index contributed by atoms with van der Waals surface area (Å²) in [7, 11) is 0. The van der Waals surface area contributed by atoms with Crippen molar-refractivity contribution in [2.45, 2.75) is 76.7 Å². The molecule has 0 aliphatic carbocycles. The van der Waals surface area contributed by atoms with E-state index in [1.54, 1.807) is 6.92 Å². The van der Waals surface area contributed by atoms with Gasteiger partial charge in [0.2, 0.25) is 17.7 Å². The fraction of sp³-hybridized carbons (Fsp3) is 0.560. The van der Waals surface area contributed by atoms with Gasteiger partial charge >= 0.3 is 5.97 Å². The largest absolute Gasteiger partial charge is 0.508 e. The standard InChI is InChI=1S/C25H41N7O7/c1-4-13(2)19(26)23(37)30-17(6-5-11-29-25(27)28)21(35)31-18(12-15-7-9-16(34)10-8-15)22(36)32-20(14(3)33)24(38)39/h7-10,13-14,17-20,33-34H,4-6,11-12,26H2,1-3H3,(H,30,37)(H,31,35)(H,32,36)(H,38,39)(H4,27,28,29). The zero-order chi connectivity index (χ0) is 29.7. The molecule has 0 aliphatic rings. The van der Waals surface area contributed by atoms with Crippen molar-refractivity contribution in [3.05, 3.63) is 29.8 Å². The quantitative estimate of drug-likeness (QED) is 0.0638. The first-order valence-corrected chi connectivity index (χ1v) is 12.7. The Bertz CT molecular complexity index is 997. The van der Waals surface area contributed by atoms with Gasteiger partial charge in [-0.05, 0) is 43.4 Å². The van der Waals surface area contributed by atoms with Crippen LogP contribution in [0.5, 0.6) is 5.75 Å². The van der Waals surface area contributed by atoms with Crippen molar-refractivity contribution in [1.82, 2.24) is 16.0 Å². The first kappa shape index (κ1) is 33.1. The maximum absolute atomic E-state index is 13.3. The number of hydrogen-bond donors (Lipinski definition) is 9. The van der Waals surface area contributed by atoms with Crippen molar-refractivity contribution < 1.29 is 34.5 Å². The van der Waals surface area contributed by atoms with Gasteiger partial charge < -0.3 is 48.5 Å². The summed E-state index contributed by atoms with van der Waals surface area (Å²) in [5, 5.41) is 36.1. The number of benzene rings is 1. The Hall–Kier alpha value is -3.91. The second kappa shape index (κ2) is 16.1. The molecule has 0 heterocycles. The number of aliphatic carboxylic acids is 1. The van der Waals surface area contributed by atoms with Crippen LogP contribution in [0.15, 0.2) is 29.3 Å². The zero-order valence-corrected chi connectivity index (χ0v) is 22.5. The van der Waals surface area contributed by atoms with Gasteiger partial charge in [-0.3, -0.25) is 19.4 Å². The van der Waals surface area contributed by atoms with Crippen molar-refractivity contribution in [3.8, 4) is 5.75 Å².